The second-order valence-electron chi connectivity index (χ2n) is 9.88. The maximum atomic E-state index is 12.5. The van der Waals surface area contributed by atoms with Crippen LogP contribution >= 0.6 is 0 Å². The predicted molar refractivity (Wildman–Crippen MR) is 134 cm³/mol. The Kier molecular flexibility index (Phi) is 7.12. The number of rotatable bonds is 8. The smallest absolute Gasteiger partial charge is 0.252 e. The van der Waals surface area contributed by atoms with Crippen LogP contribution in [0.4, 0.5) is 0 Å². The molecule has 0 saturated carbocycles. The zero-order valence-corrected chi connectivity index (χ0v) is 19.5. The molecule has 0 radical (unpaired) electrons. The molecule has 4 rings (SSSR count). The number of piperidine rings is 1. The monoisotopic (exact) mass is 431 g/mol. The first kappa shape index (κ1) is 22.8. The number of para-hydroxylation sites is 1. The maximum Gasteiger partial charge on any atom is 0.252 e. The van der Waals surface area contributed by atoms with Crippen molar-refractivity contribution >= 4 is 10.9 Å². The van der Waals surface area contributed by atoms with Gasteiger partial charge < -0.3 is 10.7 Å². The molecular formula is C28H37N3O. The van der Waals surface area contributed by atoms with Gasteiger partial charge in [0.05, 0.1) is 0 Å². The van der Waals surface area contributed by atoms with Gasteiger partial charge in [0.25, 0.3) is 5.56 Å². The summed E-state index contributed by atoms with van der Waals surface area (Å²) in [5.74, 6) is 1.17. The van der Waals surface area contributed by atoms with Gasteiger partial charge >= 0.3 is 0 Å². The van der Waals surface area contributed by atoms with Crippen LogP contribution in [0.5, 0.6) is 0 Å². The summed E-state index contributed by atoms with van der Waals surface area (Å²) in [5, 5.41) is 1.10. The lowest BCUT2D eigenvalue weighted by molar-refractivity contribution is 0.166. The average molecular weight is 432 g/mol. The van der Waals surface area contributed by atoms with E-state index in [1.807, 2.05) is 18.2 Å². The van der Waals surface area contributed by atoms with Gasteiger partial charge in [0.1, 0.15) is 0 Å². The molecule has 1 saturated heterocycles. The van der Waals surface area contributed by atoms with Crippen LogP contribution in [0.3, 0.4) is 0 Å². The van der Waals surface area contributed by atoms with Gasteiger partial charge in [-0.3, -0.25) is 9.69 Å². The summed E-state index contributed by atoms with van der Waals surface area (Å²) >= 11 is 0. The zero-order chi connectivity index (χ0) is 22.6. The van der Waals surface area contributed by atoms with Crippen molar-refractivity contribution in [1.82, 2.24) is 9.88 Å². The van der Waals surface area contributed by atoms with Crippen LogP contribution in [0, 0.1) is 11.8 Å². The number of hydrogen-bond donors (Lipinski definition) is 2. The molecule has 3 aromatic rings. The molecule has 3 N–H and O–H groups in total. The molecule has 0 aliphatic carbocycles. The molecule has 4 heteroatoms. The fraction of sp³-hybridized carbons (Fsp3) is 0.464. The third-order valence-electron chi connectivity index (χ3n) is 7.48. The van der Waals surface area contributed by atoms with Gasteiger partial charge in [-0.1, -0.05) is 75.2 Å². The van der Waals surface area contributed by atoms with E-state index < -0.39 is 0 Å². The summed E-state index contributed by atoms with van der Waals surface area (Å²) in [5.41, 5.74) is 9.72. The summed E-state index contributed by atoms with van der Waals surface area (Å²) in [4.78, 5) is 17.9. The molecule has 2 aromatic carbocycles. The first-order chi connectivity index (χ1) is 15.5. The molecule has 0 bridgehead atoms. The van der Waals surface area contributed by atoms with E-state index in [1.54, 1.807) is 0 Å². The molecule has 0 spiro atoms. The number of aromatic amines is 1. The van der Waals surface area contributed by atoms with E-state index in [2.05, 4.69) is 66.2 Å². The Morgan fingerprint density at radius 3 is 2.47 bits per heavy atom. The van der Waals surface area contributed by atoms with Gasteiger partial charge in [0.2, 0.25) is 0 Å². The number of nitrogens with one attached hydrogen (secondary N) is 1. The Morgan fingerprint density at radius 1 is 1.06 bits per heavy atom. The van der Waals surface area contributed by atoms with Crippen LogP contribution in [-0.4, -0.2) is 23.0 Å². The van der Waals surface area contributed by atoms with E-state index >= 15 is 0 Å². The summed E-state index contributed by atoms with van der Waals surface area (Å²) in [6.45, 7) is 7.33. The number of benzene rings is 2. The van der Waals surface area contributed by atoms with Gasteiger partial charge in [0.15, 0.2) is 0 Å². The third kappa shape index (κ3) is 5.13. The molecule has 0 amide bonds. The Bertz CT molecular complexity index is 1070. The van der Waals surface area contributed by atoms with Crippen LogP contribution < -0.4 is 11.3 Å². The molecule has 1 atom stereocenters. The number of pyridine rings is 1. The van der Waals surface area contributed by atoms with Crippen molar-refractivity contribution in [1.29, 1.82) is 0 Å². The van der Waals surface area contributed by atoms with Crippen LogP contribution in [0.25, 0.3) is 10.9 Å². The van der Waals surface area contributed by atoms with Crippen molar-refractivity contribution in [3.05, 3.63) is 82.1 Å². The van der Waals surface area contributed by atoms with Crippen LogP contribution in [-0.2, 0) is 12.1 Å². The van der Waals surface area contributed by atoms with Crippen molar-refractivity contribution in [3.63, 3.8) is 0 Å². The quantitative estimate of drug-likeness (QED) is 0.500. The first-order valence-electron chi connectivity index (χ1n) is 12.1. The van der Waals surface area contributed by atoms with Gasteiger partial charge in [-0.2, -0.15) is 0 Å². The molecule has 1 aliphatic heterocycles. The minimum absolute atomic E-state index is 0.0414. The van der Waals surface area contributed by atoms with Crippen molar-refractivity contribution in [2.45, 2.75) is 58.0 Å². The summed E-state index contributed by atoms with van der Waals surface area (Å²) < 4.78 is 0. The fourth-order valence-electron chi connectivity index (χ4n) is 5.18. The zero-order valence-electron chi connectivity index (χ0n) is 19.5. The lowest BCUT2D eigenvalue weighted by Crippen LogP contribution is -2.42. The predicted octanol–water partition coefficient (Wildman–Crippen LogP) is 5.42. The highest BCUT2D eigenvalue weighted by molar-refractivity contribution is 5.78. The molecule has 4 nitrogen and oxygen atoms in total. The Labute approximate surface area is 191 Å². The molecule has 2 heterocycles. The Morgan fingerprint density at radius 2 is 1.75 bits per heavy atom. The van der Waals surface area contributed by atoms with Crippen LogP contribution in [0.1, 0.15) is 57.1 Å². The SMILES string of the molecule is CC(C)C(N)(CCCC1CCN(Cc2cc3ccccc3[nH]c2=O)CC1)c1ccccc1. The molecule has 1 aromatic heterocycles. The van der Waals surface area contributed by atoms with E-state index in [0.717, 1.165) is 48.4 Å². The molecule has 170 valence electrons. The normalized spacial score (nSPS) is 17.6. The minimum Gasteiger partial charge on any atom is -0.322 e. The van der Waals surface area contributed by atoms with Crippen LogP contribution in [0.2, 0.25) is 0 Å². The topological polar surface area (TPSA) is 62.1 Å². The fourth-order valence-corrected chi connectivity index (χ4v) is 5.18. The Balaban J connectivity index is 1.28. The van der Waals surface area contributed by atoms with Crippen molar-refractivity contribution < 1.29 is 0 Å². The number of H-pyrrole nitrogens is 1. The Hall–Kier alpha value is -2.43. The second kappa shape index (κ2) is 10.0. The van der Waals surface area contributed by atoms with Gasteiger partial charge in [-0.05, 0) is 67.3 Å². The minimum atomic E-state index is -0.251. The lowest BCUT2D eigenvalue weighted by Gasteiger charge is -2.36. The van der Waals surface area contributed by atoms with E-state index in [9.17, 15) is 4.79 Å². The van der Waals surface area contributed by atoms with E-state index in [1.165, 1.54) is 31.2 Å². The van der Waals surface area contributed by atoms with Crippen molar-refractivity contribution in [3.8, 4) is 0 Å². The summed E-state index contributed by atoms with van der Waals surface area (Å²) in [7, 11) is 0. The van der Waals surface area contributed by atoms with Gasteiger partial charge in [-0.25, -0.2) is 0 Å². The number of nitrogens with zero attached hydrogens (tertiary/aromatic N) is 1. The molecule has 1 fully saturated rings. The maximum absolute atomic E-state index is 12.5. The number of hydrogen-bond acceptors (Lipinski definition) is 3. The van der Waals surface area contributed by atoms with Crippen molar-refractivity contribution in [2.75, 3.05) is 13.1 Å². The van der Waals surface area contributed by atoms with Gasteiger partial charge in [0, 0.05) is 23.2 Å². The van der Waals surface area contributed by atoms with Crippen molar-refractivity contribution in [2.24, 2.45) is 17.6 Å². The third-order valence-corrected chi connectivity index (χ3v) is 7.48. The average Bonchev–Trinajstić information content (AvgIpc) is 2.81. The number of nitrogens with two attached hydrogens (primary N) is 1. The highest BCUT2D eigenvalue weighted by Crippen LogP contribution is 2.34. The van der Waals surface area contributed by atoms with E-state index in [-0.39, 0.29) is 11.1 Å². The number of likely N-dealkylation sites (tertiary alicyclic amines) is 1. The summed E-state index contributed by atoms with van der Waals surface area (Å²) in [6.07, 6.45) is 5.84. The summed E-state index contributed by atoms with van der Waals surface area (Å²) in [6, 6.07) is 20.6. The van der Waals surface area contributed by atoms with E-state index in [0.29, 0.717) is 5.92 Å². The highest BCUT2D eigenvalue weighted by Gasteiger charge is 2.31. The molecular weight excluding hydrogens is 394 g/mol. The standard InChI is InChI=1S/C28H37N3O/c1-21(2)28(29,25-11-4-3-5-12-25)16-8-9-22-14-17-31(18-15-22)20-24-19-23-10-6-7-13-26(23)30-27(24)32/h3-7,10-13,19,21-22H,8-9,14-18,20,29H2,1-2H3,(H,30,32). The highest BCUT2D eigenvalue weighted by atomic mass is 16.1. The molecule has 1 unspecified atom stereocenters. The van der Waals surface area contributed by atoms with E-state index in [4.69, 9.17) is 5.73 Å². The second-order valence-corrected chi connectivity index (χ2v) is 9.88. The lowest BCUT2D eigenvalue weighted by atomic mass is 9.76. The molecule has 1 aliphatic rings. The van der Waals surface area contributed by atoms with Crippen LogP contribution in [0.15, 0.2) is 65.5 Å². The largest absolute Gasteiger partial charge is 0.322 e. The van der Waals surface area contributed by atoms with Gasteiger partial charge in [-0.15, -0.1) is 0 Å². The molecule has 32 heavy (non-hydrogen) atoms. The number of fused-ring (bicyclic) bond motifs is 1. The number of aromatic nitrogens is 1. The first-order valence-corrected chi connectivity index (χ1v) is 12.1.